The molecule has 0 aliphatic heterocycles. The van der Waals surface area contributed by atoms with Crippen molar-refractivity contribution < 1.29 is 19.4 Å². The first-order valence-corrected chi connectivity index (χ1v) is 6.08. The van der Waals surface area contributed by atoms with E-state index in [2.05, 4.69) is 11.3 Å². The van der Waals surface area contributed by atoms with Crippen molar-refractivity contribution in [1.29, 1.82) is 0 Å². The Hall–Kier alpha value is -1.66. The number of rotatable bonds is 5. The van der Waals surface area contributed by atoms with Gasteiger partial charge in [-0.25, -0.2) is 4.79 Å². The molecule has 0 bridgehead atoms. The summed E-state index contributed by atoms with van der Waals surface area (Å²) in [6.45, 7) is 5.14. The molecule has 0 radical (unpaired) electrons. The Morgan fingerprint density at radius 3 is 2.56 bits per heavy atom. The van der Waals surface area contributed by atoms with Crippen LogP contribution in [0.15, 0.2) is 29.0 Å². The lowest BCUT2D eigenvalue weighted by Gasteiger charge is -2.32. The number of hydrogen-bond donors (Lipinski definition) is 2. The lowest BCUT2D eigenvalue weighted by Crippen LogP contribution is -2.56. The van der Waals surface area contributed by atoms with Crippen molar-refractivity contribution in [2.24, 2.45) is 5.73 Å². The number of carbonyl (C=O) groups excluding carboxylic acids is 1. The van der Waals surface area contributed by atoms with Crippen LogP contribution in [0.4, 0.5) is 0 Å². The van der Waals surface area contributed by atoms with Crippen LogP contribution < -0.4 is 5.73 Å². The molecule has 0 aromatic carbocycles. The summed E-state index contributed by atoms with van der Waals surface area (Å²) in [5.74, 6) is -3.22. The van der Waals surface area contributed by atoms with Crippen LogP contribution in [0.1, 0.15) is 18.4 Å². The molecule has 0 saturated heterocycles. The van der Waals surface area contributed by atoms with Gasteiger partial charge in [-0.3, -0.25) is 4.79 Å². The fourth-order valence-electron chi connectivity index (χ4n) is 1.75. The Balaban J connectivity index is 3.37. The molecular formula is C12H15NO4S. The summed E-state index contributed by atoms with van der Waals surface area (Å²) in [6.07, 6.45) is 0. The fraction of sp³-hybridized carbons (Fsp3) is 0.333. The number of esters is 1. The highest BCUT2D eigenvalue weighted by Crippen LogP contribution is 2.34. The summed E-state index contributed by atoms with van der Waals surface area (Å²) < 4.78 is 4.62. The molecule has 2 atom stereocenters. The summed E-state index contributed by atoms with van der Waals surface area (Å²) in [5, 5.41) is 12.7. The third kappa shape index (κ3) is 2.30. The van der Waals surface area contributed by atoms with Crippen LogP contribution in [-0.2, 0) is 14.3 Å². The van der Waals surface area contributed by atoms with Crippen molar-refractivity contribution in [1.82, 2.24) is 0 Å². The van der Waals surface area contributed by atoms with Crippen LogP contribution in [-0.4, -0.2) is 29.7 Å². The van der Waals surface area contributed by atoms with E-state index in [9.17, 15) is 14.7 Å². The molecule has 1 rings (SSSR count). The van der Waals surface area contributed by atoms with Gasteiger partial charge in [-0.15, -0.1) is 0 Å². The first-order valence-electron chi connectivity index (χ1n) is 5.13. The Morgan fingerprint density at radius 2 is 2.22 bits per heavy atom. The van der Waals surface area contributed by atoms with Crippen molar-refractivity contribution in [2.45, 2.75) is 18.4 Å². The van der Waals surface area contributed by atoms with Gasteiger partial charge in [0.05, 0.1) is 7.11 Å². The maximum absolute atomic E-state index is 11.8. The molecule has 6 heteroatoms. The lowest BCUT2D eigenvalue weighted by molar-refractivity contribution is -0.152. The predicted octanol–water partition coefficient (Wildman–Crippen LogP) is 1.36. The standard InChI is InChI=1S/C12H15NO4S/c1-7(2)12(13,11(16)17-3)9(10(14)15)8-4-5-18-6-8/h4-6,9H,1,13H2,2-3H3,(H,14,15). The van der Waals surface area contributed by atoms with Gasteiger partial charge in [0.1, 0.15) is 5.92 Å². The maximum atomic E-state index is 11.8. The summed E-state index contributed by atoms with van der Waals surface area (Å²) in [7, 11) is 1.17. The van der Waals surface area contributed by atoms with Gasteiger partial charge >= 0.3 is 11.9 Å². The average Bonchev–Trinajstić information content (AvgIpc) is 2.80. The smallest absolute Gasteiger partial charge is 0.331 e. The SMILES string of the molecule is C=C(C)C(N)(C(=O)OC)C(C(=O)O)c1ccsc1. The van der Waals surface area contributed by atoms with E-state index in [1.165, 1.54) is 25.4 Å². The van der Waals surface area contributed by atoms with Crippen LogP contribution in [0, 0.1) is 0 Å². The van der Waals surface area contributed by atoms with Crippen molar-refractivity contribution in [3.8, 4) is 0 Å². The van der Waals surface area contributed by atoms with Gasteiger partial charge in [0.2, 0.25) is 0 Å². The summed E-state index contributed by atoms with van der Waals surface area (Å²) >= 11 is 1.33. The van der Waals surface area contributed by atoms with E-state index in [-0.39, 0.29) is 5.57 Å². The van der Waals surface area contributed by atoms with Crippen molar-refractivity contribution in [2.75, 3.05) is 7.11 Å². The van der Waals surface area contributed by atoms with Crippen LogP contribution in [0.25, 0.3) is 0 Å². The Morgan fingerprint density at radius 1 is 1.61 bits per heavy atom. The van der Waals surface area contributed by atoms with Gasteiger partial charge < -0.3 is 15.6 Å². The van der Waals surface area contributed by atoms with Crippen LogP contribution in [0.5, 0.6) is 0 Å². The number of carboxylic acid groups (broad SMARTS) is 1. The highest BCUT2D eigenvalue weighted by molar-refractivity contribution is 7.08. The Labute approximate surface area is 109 Å². The zero-order chi connectivity index (χ0) is 13.9. The third-order valence-corrected chi connectivity index (χ3v) is 3.51. The molecule has 0 spiro atoms. The number of aliphatic carboxylic acids is 1. The molecule has 0 amide bonds. The second kappa shape index (κ2) is 5.32. The molecule has 0 aliphatic carbocycles. The average molecular weight is 269 g/mol. The zero-order valence-electron chi connectivity index (χ0n) is 10.2. The summed E-state index contributed by atoms with van der Waals surface area (Å²) in [4.78, 5) is 23.3. The van der Waals surface area contributed by atoms with E-state index in [1.807, 2.05) is 0 Å². The van der Waals surface area contributed by atoms with Crippen LogP contribution >= 0.6 is 11.3 Å². The molecule has 5 nitrogen and oxygen atoms in total. The fourth-order valence-corrected chi connectivity index (χ4v) is 2.43. The van der Waals surface area contributed by atoms with E-state index >= 15 is 0 Å². The Kier molecular flexibility index (Phi) is 4.26. The number of methoxy groups -OCH3 is 1. The minimum absolute atomic E-state index is 0.243. The second-order valence-electron chi connectivity index (χ2n) is 3.97. The number of ether oxygens (including phenoxy) is 1. The molecule has 2 unspecified atom stereocenters. The normalized spacial score (nSPS) is 15.5. The number of thiophene rings is 1. The van der Waals surface area contributed by atoms with Crippen LogP contribution in [0.3, 0.4) is 0 Å². The molecule has 0 fully saturated rings. The monoisotopic (exact) mass is 269 g/mol. The molecule has 0 saturated carbocycles. The Bertz CT molecular complexity index is 468. The number of carboxylic acids is 1. The van der Waals surface area contributed by atoms with Gasteiger partial charge in [0.15, 0.2) is 5.54 Å². The van der Waals surface area contributed by atoms with Gasteiger partial charge in [-0.2, -0.15) is 11.3 Å². The molecule has 3 N–H and O–H groups in total. The molecule has 1 heterocycles. The van der Waals surface area contributed by atoms with E-state index < -0.39 is 23.4 Å². The van der Waals surface area contributed by atoms with Gasteiger partial charge in [0.25, 0.3) is 0 Å². The number of nitrogens with two attached hydrogens (primary N) is 1. The first kappa shape index (κ1) is 14.4. The number of hydrogen-bond acceptors (Lipinski definition) is 5. The molecule has 0 aliphatic rings. The van der Waals surface area contributed by atoms with Gasteiger partial charge in [0, 0.05) is 0 Å². The minimum Gasteiger partial charge on any atom is -0.481 e. The third-order valence-electron chi connectivity index (χ3n) is 2.81. The molecule has 1 aromatic rings. The molecule has 98 valence electrons. The molecule has 18 heavy (non-hydrogen) atoms. The molecular weight excluding hydrogens is 254 g/mol. The predicted molar refractivity (Wildman–Crippen MR) is 68.4 cm³/mol. The molecule has 1 aromatic heterocycles. The summed E-state index contributed by atoms with van der Waals surface area (Å²) in [5.41, 5.74) is 4.91. The van der Waals surface area contributed by atoms with Crippen molar-refractivity contribution >= 4 is 23.3 Å². The van der Waals surface area contributed by atoms with E-state index in [1.54, 1.807) is 16.8 Å². The van der Waals surface area contributed by atoms with Crippen molar-refractivity contribution in [3.63, 3.8) is 0 Å². The minimum atomic E-state index is -1.78. The maximum Gasteiger partial charge on any atom is 0.331 e. The van der Waals surface area contributed by atoms with E-state index in [4.69, 9.17) is 5.73 Å². The van der Waals surface area contributed by atoms with E-state index in [0.717, 1.165) is 0 Å². The van der Waals surface area contributed by atoms with Gasteiger partial charge in [-0.1, -0.05) is 6.58 Å². The largest absolute Gasteiger partial charge is 0.481 e. The second-order valence-corrected chi connectivity index (χ2v) is 4.75. The number of carbonyl (C=O) groups is 2. The first-order chi connectivity index (χ1) is 8.35. The van der Waals surface area contributed by atoms with Crippen LogP contribution in [0.2, 0.25) is 0 Å². The lowest BCUT2D eigenvalue weighted by atomic mass is 9.76. The quantitative estimate of drug-likeness (QED) is 0.622. The topological polar surface area (TPSA) is 89.6 Å². The summed E-state index contributed by atoms with van der Waals surface area (Å²) in [6, 6.07) is 1.62. The van der Waals surface area contributed by atoms with Crippen molar-refractivity contribution in [3.05, 3.63) is 34.5 Å². The highest BCUT2D eigenvalue weighted by Gasteiger charge is 2.49. The van der Waals surface area contributed by atoms with E-state index in [0.29, 0.717) is 5.56 Å². The highest BCUT2D eigenvalue weighted by atomic mass is 32.1. The zero-order valence-corrected chi connectivity index (χ0v) is 11.0. The van der Waals surface area contributed by atoms with Gasteiger partial charge in [-0.05, 0) is 34.9 Å².